The minimum atomic E-state index is -3.01. The first-order valence-electron chi connectivity index (χ1n) is 11.8. The zero-order valence-corrected chi connectivity index (χ0v) is 20.6. The van der Waals surface area contributed by atoms with Crippen LogP contribution in [0, 0.1) is 0 Å². The number of hydrogen-bond acceptors (Lipinski definition) is 8. The summed E-state index contributed by atoms with van der Waals surface area (Å²) in [5.41, 5.74) is 7.74. The summed E-state index contributed by atoms with van der Waals surface area (Å²) >= 11 is 12.7. The topological polar surface area (TPSA) is 89.6 Å². The average Bonchev–Trinajstić information content (AvgIpc) is 3.48. The standard InChI is InChI=1S/C23H28Cl2F2N6O2/c24-16-11-33(12-17(16)25)23-30-18(13-1-2-15(7-13)32-3-5-34-6-4-32)9-19(31-23)14-8-20(35-22(26)27)21(28)29-10-14/h8-10,13,15-17,22H,1-7,11-12H2,(H2,28,29)/t13-,15+,16-,17+/m0/s1. The normalized spacial score (nSPS) is 27.6. The molecular formula is C23H28Cl2F2N6O2. The van der Waals surface area contributed by atoms with Gasteiger partial charge in [-0.2, -0.15) is 8.78 Å². The first-order chi connectivity index (χ1) is 16.9. The van der Waals surface area contributed by atoms with Gasteiger partial charge in [0.05, 0.1) is 29.7 Å². The summed E-state index contributed by atoms with van der Waals surface area (Å²) in [5, 5.41) is -0.428. The van der Waals surface area contributed by atoms with Crippen molar-refractivity contribution in [1.29, 1.82) is 0 Å². The van der Waals surface area contributed by atoms with Gasteiger partial charge in [-0.3, -0.25) is 4.90 Å². The maximum Gasteiger partial charge on any atom is 0.387 e. The van der Waals surface area contributed by atoms with Crippen molar-refractivity contribution in [2.45, 2.75) is 48.6 Å². The van der Waals surface area contributed by atoms with Crippen molar-refractivity contribution >= 4 is 35.0 Å². The minimum absolute atomic E-state index is 0.109. The third-order valence-electron chi connectivity index (χ3n) is 6.98. The minimum Gasteiger partial charge on any atom is -0.431 e. The van der Waals surface area contributed by atoms with E-state index in [0.717, 1.165) is 51.3 Å². The fourth-order valence-corrected chi connectivity index (χ4v) is 5.62. The number of morpholine rings is 1. The number of ether oxygens (including phenoxy) is 2. The maximum absolute atomic E-state index is 12.9. The van der Waals surface area contributed by atoms with E-state index in [4.69, 9.17) is 43.6 Å². The highest BCUT2D eigenvalue weighted by Crippen LogP contribution is 2.39. The Kier molecular flexibility index (Phi) is 7.43. The summed E-state index contributed by atoms with van der Waals surface area (Å²) in [7, 11) is 0. The lowest BCUT2D eigenvalue weighted by molar-refractivity contribution is -0.0494. The lowest BCUT2D eigenvalue weighted by Crippen LogP contribution is -2.42. The molecule has 3 fully saturated rings. The monoisotopic (exact) mass is 528 g/mol. The van der Waals surface area contributed by atoms with E-state index < -0.39 is 6.61 Å². The number of anilines is 2. The molecule has 0 amide bonds. The van der Waals surface area contributed by atoms with Crippen molar-refractivity contribution in [3.63, 3.8) is 0 Å². The van der Waals surface area contributed by atoms with Crippen LogP contribution in [0.5, 0.6) is 5.75 Å². The highest BCUT2D eigenvalue weighted by Gasteiger charge is 2.34. The highest BCUT2D eigenvalue weighted by molar-refractivity contribution is 6.31. The molecule has 8 nitrogen and oxygen atoms in total. The Balaban J connectivity index is 1.47. The quantitative estimate of drug-likeness (QED) is 0.567. The second-order valence-electron chi connectivity index (χ2n) is 9.21. The van der Waals surface area contributed by atoms with Gasteiger partial charge < -0.3 is 20.1 Å². The molecule has 0 unspecified atom stereocenters. The number of nitrogen functional groups attached to an aromatic ring is 1. The molecule has 3 aliphatic rings. The largest absolute Gasteiger partial charge is 0.431 e. The van der Waals surface area contributed by atoms with Crippen LogP contribution in [0.4, 0.5) is 20.5 Å². The zero-order chi connectivity index (χ0) is 24.5. The number of nitrogens with two attached hydrogens (primary N) is 1. The molecule has 5 rings (SSSR count). The van der Waals surface area contributed by atoms with E-state index in [9.17, 15) is 8.78 Å². The number of halogens is 4. The number of rotatable bonds is 6. The van der Waals surface area contributed by atoms with Crippen LogP contribution < -0.4 is 15.4 Å². The summed E-state index contributed by atoms with van der Waals surface area (Å²) in [6, 6.07) is 3.84. The molecule has 1 aliphatic carbocycles. The van der Waals surface area contributed by atoms with Crippen molar-refractivity contribution in [2.75, 3.05) is 50.0 Å². The summed E-state index contributed by atoms with van der Waals surface area (Å²) in [6.07, 6.45) is 4.60. The van der Waals surface area contributed by atoms with E-state index in [1.54, 1.807) is 0 Å². The Bertz CT molecular complexity index is 1040. The van der Waals surface area contributed by atoms with Gasteiger partial charge in [-0.15, -0.1) is 23.2 Å². The Labute approximate surface area is 212 Å². The van der Waals surface area contributed by atoms with Crippen LogP contribution >= 0.6 is 23.2 Å². The Hall–Kier alpha value is -2.01. The van der Waals surface area contributed by atoms with Crippen molar-refractivity contribution in [3.05, 3.63) is 24.0 Å². The summed E-state index contributed by atoms with van der Waals surface area (Å²) < 4.78 is 35.8. The molecule has 1 saturated carbocycles. The number of aromatic nitrogens is 3. The van der Waals surface area contributed by atoms with E-state index >= 15 is 0 Å². The van der Waals surface area contributed by atoms with Crippen molar-refractivity contribution in [2.24, 2.45) is 0 Å². The van der Waals surface area contributed by atoms with Crippen LogP contribution in [-0.2, 0) is 4.74 Å². The molecule has 4 atom stereocenters. The van der Waals surface area contributed by atoms with Gasteiger partial charge in [0.2, 0.25) is 5.95 Å². The van der Waals surface area contributed by atoms with Crippen molar-refractivity contribution in [1.82, 2.24) is 19.9 Å². The van der Waals surface area contributed by atoms with E-state index in [2.05, 4.69) is 14.6 Å². The van der Waals surface area contributed by atoms with Gasteiger partial charge in [0.25, 0.3) is 0 Å². The lowest BCUT2D eigenvalue weighted by Gasteiger charge is -2.32. The van der Waals surface area contributed by atoms with Gasteiger partial charge in [-0.25, -0.2) is 15.0 Å². The van der Waals surface area contributed by atoms with Crippen molar-refractivity contribution < 1.29 is 18.3 Å². The predicted octanol–water partition coefficient (Wildman–Crippen LogP) is 3.73. The number of hydrogen-bond donors (Lipinski definition) is 1. The second-order valence-corrected chi connectivity index (χ2v) is 10.3. The van der Waals surface area contributed by atoms with E-state index in [1.165, 1.54) is 12.3 Å². The summed E-state index contributed by atoms with van der Waals surface area (Å²) in [4.78, 5) is 18.2. The molecule has 2 aliphatic heterocycles. The molecule has 2 aromatic rings. The molecule has 0 radical (unpaired) electrons. The molecule has 2 aromatic heterocycles. The summed E-state index contributed by atoms with van der Waals surface area (Å²) in [6.45, 7) is 1.48. The van der Waals surface area contributed by atoms with Crippen LogP contribution in [0.3, 0.4) is 0 Å². The van der Waals surface area contributed by atoms with Gasteiger partial charge in [0.15, 0.2) is 11.6 Å². The molecule has 190 valence electrons. The first kappa shape index (κ1) is 24.7. The molecule has 35 heavy (non-hydrogen) atoms. The first-order valence-corrected chi connectivity index (χ1v) is 12.7. The van der Waals surface area contributed by atoms with Crippen LogP contribution in [0.2, 0.25) is 0 Å². The molecule has 2 saturated heterocycles. The van der Waals surface area contributed by atoms with Crippen LogP contribution in [0.15, 0.2) is 18.3 Å². The molecule has 2 N–H and O–H groups in total. The van der Waals surface area contributed by atoms with Crippen LogP contribution in [0.25, 0.3) is 11.3 Å². The smallest absolute Gasteiger partial charge is 0.387 e. The third kappa shape index (κ3) is 5.55. The number of alkyl halides is 4. The van der Waals surface area contributed by atoms with E-state index in [0.29, 0.717) is 36.3 Å². The van der Waals surface area contributed by atoms with Gasteiger partial charge in [-0.1, -0.05) is 0 Å². The Morgan fingerprint density at radius 2 is 1.83 bits per heavy atom. The number of nitrogens with zero attached hydrogens (tertiary/aromatic N) is 5. The Morgan fingerprint density at radius 1 is 1.09 bits per heavy atom. The second kappa shape index (κ2) is 10.5. The van der Waals surface area contributed by atoms with Gasteiger partial charge in [0.1, 0.15) is 0 Å². The molecular weight excluding hydrogens is 501 g/mol. The average molecular weight is 529 g/mol. The Morgan fingerprint density at radius 3 is 2.54 bits per heavy atom. The van der Waals surface area contributed by atoms with Gasteiger partial charge in [0, 0.05) is 55.6 Å². The van der Waals surface area contributed by atoms with Gasteiger partial charge >= 0.3 is 6.61 Å². The highest BCUT2D eigenvalue weighted by atomic mass is 35.5. The molecule has 0 spiro atoms. The molecule has 12 heteroatoms. The number of pyridine rings is 1. The maximum atomic E-state index is 12.9. The summed E-state index contributed by atoms with van der Waals surface area (Å²) in [5.74, 6) is 0.481. The zero-order valence-electron chi connectivity index (χ0n) is 19.1. The molecule has 4 heterocycles. The van der Waals surface area contributed by atoms with Crippen LogP contribution in [-0.4, -0.2) is 82.7 Å². The predicted molar refractivity (Wildman–Crippen MR) is 131 cm³/mol. The third-order valence-corrected chi connectivity index (χ3v) is 7.99. The van der Waals surface area contributed by atoms with E-state index in [1.807, 2.05) is 11.0 Å². The molecule has 0 bridgehead atoms. The van der Waals surface area contributed by atoms with E-state index in [-0.39, 0.29) is 28.2 Å². The SMILES string of the molecule is Nc1ncc(-c2cc([C@H]3CC[C@@H](N4CCOCC4)C3)nc(N3C[C@@H](Cl)[C@@H](Cl)C3)n2)cc1OC(F)F. The van der Waals surface area contributed by atoms with Crippen LogP contribution in [0.1, 0.15) is 30.9 Å². The van der Waals surface area contributed by atoms with Crippen molar-refractivity contribution in [3.8, 4) is 17.0 Å². The molecule has 0 aromatic carbocycles. The fraction of sp³-hybridized carbons (Fsp3) is 0.609. The fourth-order valence-electron chi connectivity index (χ4n) is 5.13. The van der Waals surface area contributed by atoms with Gasteiger partial charge in [-0.05, 0) is 31.4 Å². The lowest BCUT2D eigenvalue weighted by atomic mass is 10.0.